The Labute approximate surface area is 162 Å². The fraction of sp³-hybridized carbons (Fsp3) is 1.00. The predicted octanol–water partition coefficient (Wildman–Crippen LogP) is 6.03. The second-order valence-corrected chi connectivity index (χ2v) is 9.66. The van der Waals surface area contributed by atoms with Gasteiger partial charge < -0.3 is 15.5 Å². The number of hydrogen-bond acceptors (Lipinski definition) is 3. The highest BCUT2D eigenvalue weighted by Crippen LogP contribution is 2.37. The molecule has 1 atom stereocenters. The highest BCUT2D eigenvalue weighted by Gasteiger charge is 2.16. The van der Waals surface area contributed by atoms with Gasteiger partial charge in [-0.15, -0.1) is 0 Å². The Morgan fingerprint density at radius 3 is 1.92 bits per heavy atom. The van der Waals surface area contributed by atoms with Gasteiger partial charge in [-0.1, -0.05) is 86.0 Å². The maximum Gasteiger partial charge on any atom is 0.469 e. The second kappa shape index (κ2) is 17.2. The lowest BCUT2D eigenvalue weighted by Crippen LogP contribution is -2.07. The van der Waals surface area contributed by atoms with Gasteiger partial charge in [0.2, 0.25) is 0 Å². The minimum absolute atomic E-state index is 0.167. The summed E-state index contributed by atoms with van der Waals surface area (Å²) in [7, 11) is -4.26. The molecule has 0 saturated carbocycles. The van der Waals surface area contributed by atoms with Crippen LogP contribution in [-0.2, 0) is 9.09 Å². The third-order valence-electron chi connectivity index (χ3n) is 4.40. The lowest BCUT2D eigenvalue weighted by molar-refractivity contribution is 0.161. The van der Waals surface area contributed by atoms with Crippen LogP contribution in [0.3, 0.4) is 0 Å². The molecule has 0 aliphatic rings. The van der Waals surface area contributed by atoms with Gasteiger partial charge in [0.15, 0.2) is 0 Å². The van der Waals surface area contributed by atoms with Crippen LogP contribution in [0.15, 0.2) is 0 Å². The first kappa shape index (κ1) is 28.3. The molecule has 0 bridgehead atoms. The Hall–Kier alpha value is 0.0700. The van der Waals surface area contributed by atoms with Crippen LogP contribution in [0.1, 0.15) is 105 Å². The van der Waals surface area contributed by atoms with Crippen molar-refractivity contribution in [2.75, 3.05) is 13.2 Å². The molecule has 0 aliphatic carbocycles. The standard InChI is InChI=1S/C12H27N.C8H19O4P/c1-12(2,3)10-8-6-4-5-7-9-11-13;1-3-5-6-8(4-2)7-12-13(9,10)11/h4-11,13H2,1-3H3;8H,3-7H2,1-2H3,(H2,9,10,11). The Kier molecular flexibility index (Phi) is 18.7. The molecule has 0 rings (SSSR count). The van der Waals surface area contributed by atoms with Gasteiger partial charge >= 0.3 is 7.82 Å². The number of phosphoric acid groups is 1. The van der Waals surface area contributed by atoms with Crippen LogP contribution in [0.2, 0.25) is 0 Å². The van der Waals surface area contributed by atoms with Gasteiger partial charge in [0.05, 0.1) is 6.61 Å². The number of rotatable bonds is 14. The van der Waals surface area contributed by atoms with Crippen LogP contribution in [0.25, 0.3) is 0 Å². The van der Waals surface area contributed by atoms with Gasteiger partial charge in [-0.05, 0) is 37.1 Å². The Morgan fingerprint density at radius 2 is 1.50 bits per heavy atom. The van der Waals surface area contributed by atoms with Crippen LogP contribution in [-0.4, -0.2) is 22.9 Å². The Bertz CT molecular complexity index is 339. The second-order valence-electron chi connectivity index (χ2n) is 8.42. The van der Waals surface area contributed by atoms with Crippen molar-refractivity contribution in [1.82, 2.24) is 0 Å². The zero-order valence-electron chi connectivity index (χ0n) is 18.0. The lowest BCUT2D eigenvalue weighted by Gasteiger charge is -2.17. The molecule has 0 amide bonds. The summed E-state index contributed by atoms with van der Waals surface area (Å²) in [5.74, 6) is 0.271. The van der Waals surface area contributed by atoms with Gasteiger partial charge in [-0.3, -0.25) is 4.52 Å². The highest BCUT2D eigenvalue weighted by molar-refractivity contribution is 7.46. The van der Waals surface area contributed by atoms with Crippen molar-refractivity contribution in [1.29, 1.82) is 0 Å². The van der Waals surface area contributed by atoms with Gasteiger partial charge in [-0.2, -0.15) is 0 Å². The predicted molar refractivity (Wildman–Crippen MR) is 112 cm³/mol. The first-order valence-corrected chi connectivity index (χ1v) is 12.0. The minimum Gasteiger partial charge on any atom is -0.330 e. The average Bonchev–Trinajstić information content (AvgIpc) is 2.53. The third kappa shape index (κ3) is 26.3. The molecule has 0 aromatic rings. The minimum atomic E-state index is -4.26. The summed E-state index contributed by atoms with van der Waals surface area (Å²) in [6, 6.07) is 0. The quantitative estimate of drug-likeness (QED) is 0.246. The van der Waals surface area contributed by atoms with E-state index in [4.69, 9.17) is 15.5 Å². The molecule has 160 valence electrons. The SMILES string of the molecule is CC(C)(C)CCCCCCCCN.CCCCC(CC)COP(=O)(O)O. The molecular weight excluding hydrogens is 349 g/mol. The van der Waals surface area contributed by atoms with E-state index in [0.717, 1.165) is 32.2 Å². The first-order chi connectivity index (χ1) is 12.1. The molecule has 0 aliphatic heterocycles. The molecule has 0 heterocycles. The summed E-state index contributed by atoms with van der Waals surface area (Å²) in [6.45, 7) is 12.1. The summed E-state index contributed by atoms with van der Waals surface area (Å²) in [6.07, 6.45) is 13.5. The van der Waals surface area contributed by atoms with Gasteiger partial charge in [-0.25, -0.2) is 4.57 Å². The molecule has 4 N–H and O–H groups in total. The van der Waals surface area contributed by atoms with Gasteiger partial charge in [0, 0.05) is 0 Å². The van der Waals surface area contributed by atoms with Crippen molar-refractivity contribution in [2.24, 2.45) is 17.1 Å². The lowest BCUT2D eigenvalue weighted by atomic mass is 9.89. The number of unbranched alkanes of at least 4 members (excludes halogenated alkanes) is 6. The van der Waals surface area contributed by atoms with Crippen LogP contribution in [0, 0.1) is 11.3 Å². The van der Waals surface area contributed by atoms with E-state index in [0.29, 0.717) is 5.41 Å². The van der Waals surface area contributed by atoms with Crippen molar-refractivity contribution in [3.8, 4) is 0 Å². The Balaban J connectivity index is 0. The van der Waals surface area contributed by atoms with E-state index >= 15 is 0 Å². The van der Waals surface area contributed by atoms with Crippen molar-refractivity contribution >= 4 is 7.82 Å². The molecule has 0 radical (unpaired) electrons. The van der Waals surface area contributed by atoms with E-state index in [1.807, 2.05) is 6.92 Å². The maximum atomic E-state index is 10.4. The largest absolute Gasteiger partial charge is 0.469 e. The maximum absolute atomic E-state index is 10.4. The molecule has 0 saturated heterocycles. The average molecular weight is 396 g/mol. The van der Waals surface area contributed by atoms with E-state index < -0.39 is 7.82 Å². The molecular formula is C20H46NO4P. The normalized spacial score (nSPS) is 13.2. The zero-order valence-corrected chi connectivity index (χ0v) is 18.9. The molecule has 0 aromatic carbocycles. The van der Waals surface area contributed by atoms with E-state index in [9.17, 15) is 4.57 Å². The van der Waals surface area contributed by atoms with E-state index in [2.05, 4.69) is 32.2 Å². The van der Waals surface area contributed by atoms with Crippen molar-refractivity contribution in [3.05, 3.63) is 0 Å². The molecule has 0 aromatic heterocycles. The van der Waals surface area contributed by atoms with Crippen LogP contribution in [0.4, 0.5) is 0 Å². The van der Waals surface area contributed by atoms with Crippen LogP contribution < -0.4 is 5.73 Å². The summed E-state index contributed by atoms with van der Waals surface area (Å²) in [5, 5.41) is 0. The van der Waals surface area contributed by atoms with Gasteiger partial charge in [0.1, 0.15) is 0 Å². The fourth-order valence-electron chi connectivity index (χ4n) is 2.61. The smallest absolute Gasteiger partial charge is 0.330 e. The summed E-state index contributed by atoms with van der Waals surface area (Å²) in [5.41, 5.74) is 5.95. The monoisotopic (exact) mass is 395 g/mol. The van der Waals surface area contributed by atoms with Crippen molar-refractivity contribution < 1.29 is 18.9 Å². The number of phosphoric ester groups is 1. The molecule has 5 nitrogen and oxygen atoms in total. The van der Waals surface area contributed by atoms with E-state index in [-0.39, 0.29) is 12.5 Å². The van der Waals surface area contributed by atoms with E-state index in [1.165, 1.54) is 44.9 Å². The Morgan fingerprint density at radius 1 is 0.962 bits per heavy atom. The summed E-state index contributed by atoms with van der Waals surface area (Å²) >= 11 is 0. The number of nitrogens with two attached hydrogens (primary N) is 1. The third-order valence-corrected chi connectivity index (χ3v) is 4.89. The summed E-state index contributed by atoms with van der Waals surface area (Å²) < 4.78 is 14.8. The molecule has 6 heteroatoms. The zero-order chi connectivity index (χ0) is 20.5. The fourth-order valence-corrected chi connectivity index (χ4v) is 3.01. The van der Waals surface area contributed by atoms with Crippen molar-refractivity contribution in [3.63, 3.8) is 0 Å². The van der Waals surface area contributed by atoms with Crippen molar-refractivity contribution in [2.45, 2.75) is 105 Å². The molecule has 0 fully saturated rings. The number of hydrogen-bond donors (Lipinski definition) is 3. The van der Waals surface area contributed by atoms with E-state index in [1.54, 1.807) is 0 Å². The van der Waals surface area contributed by atoms with Crippen LogP contribution >= 0.6 is 7.82 Å². The molecule has 1 unspecified atom stereocenters. The first-order valence-electron chi connectivity index (χ1n) is 10.5. The van der Waals surface area contributed by atoms with Crippen LogP contribution in [0.5, 0.6) is 0 Å². The topological polar surface area (TPSA) is 92.8 Å². The highest BCUT2D eigenvalue weighted by atomic mass is 31.2. The molecule has 0 spiro atoms. The summed E-state index contributed by atoms with van der Waals surface area (Å²) in [4.78, 5) is 17.0. The van der Waals surface area contributed by atoms with Gasteiger partial charge in [0.25, 0.3) is 0 Å². The molecule has 26 heavy (non-hydrogen) atoms.